The Bertz CT molecular complexity index is 1030. The lowest BCUT2D eigenvalue weighted by Crippen LogP contribution is -2.25. The van der Waals surface area contributed by atoms with Crippen LogP contribution in [0, 0.1) is 20.8 Å². The lowest BCUT2D eigenvalue weighted by atomic mass is 10.1. The quantitative estimate of drug-likeness (QED) is 0.496. The Balaban J connectivity index is 1.70. The second kappa shape index (κ2) is 10.7. The minimum absolute atomic E-state index is 0.0946. The first-order valence-corrected chi connectivity index (χ1v) is 10.8. The molecule has 0 heterocycles. The summed E-state index contributed by atoms with van der Waals surface area (Å²) in [4.78, 5) is 12.7. The van der Waals surface area contributed by atoms with Crippen LogP contribution in [-0.2, 0) is 13.0 Å². The molecular weight excluding hydrogens is 386 g/mol. The molecule has 0 saturated carbocycles. The van der Waals surface area contributed by atoms with E-state index in [1.165, 1.54) is 11.1 Å². The molecule has 162 valence electrons. The zero-order valence-electron chi connectivity index (χ0n) is 18.8. The van der Waals surface area contributed by atoms with Gasteiger partial charge >= 0.3 is 0 Å². The molecule has 3 aromatic rings. The molecule has 1 N–H and O–H groups in total. The second-order valence-electron chi connectivity index (χ2n) is 7.74. The molecule has 0 saturated heterocycles. The van der Waals surface area contributed by atoms with Crippen LogP contribution >= 0.6 is 0 Å². The van der Waals surface area contributed by atoms with Crippen LogP contribution in [0.2, 0.25) is 0 Å². The van der Waals surface area contributed by atoms with Crippen molar-refractivity contribution in [3.8, 4) is 11.5 Å². The van der Waals surface area contributed by atoms with Gasteiger partial charge in [0.15, 0.2) is 0 Å². The summed E-state index contributed by atoms with van der Waals surface area (Å²) in [7, 11) is 0. The number of carbonyl (C=O) groups is 1. The Labute approximate surface area is 185 Å². The van der Waals surface area contributed by atoms with Crippen molar-refractivity contribution in [3.05, 3.63) is 94.0 Å². The third-order valence-electron chi connectivity index (χ3n) is 5.31. The molecule has 0 bridgehead atoms. The molecule has 0 aromatic heterocycles. The first-order valence-electron chi connectivity index (χ1n) is 10.8. The number of amides is 1. The third kappa shape index (κ3) is 6.11. The summed E-state index contributed by atoms with van der Waals surface area (Å²) in [5.41, 5.74) is 6.15. The summed E-state index contributed by atoms with van der Waals surface area (Å²) in [6, 6.07) is 19.8. The van der Waals surface area contributed by atoms with Crippen LogP contribution in [0.25, 0.3) is 0 Å². The van der Waals surface area contributed by atoms with Crippen LogP contribution in [0.4, 0.5) is 0 Å². The maximum absolute atomic E-state index is 12.7. The van der Waals surface area contributed by atoms with Crippen LogP contribution in [-0.4, -0.2) is 19.1 Å². The summed E-state index contributed by atoms with van der Waals surface area (Å²) in [5.74, 6) is 1.51. The smallest absolute Gasteiger partial charge is 0.251 e. The van der Waals surface area contributed by atoms with Gasteiger partial charge in [0, 0.05) is 17.7 Å². The Hall–Kier alpha value is -3.27. The molecule has 1 amide bonds. The van der Waals surface area contributed by atoms with Crippen LogP contribution in [0.1, 0.15) is 45.1 Å². The number of ether oxygens (including phenoxy) is 2. The second-order valence-corrected chi connectivity index (χ2v) is 7.74. The summed E-state index contributed by atoms with van der Waals surface area (Å²) >= 11 is 0. The number of hydrogen-bond donors (Lipinski definition) is 1. The molecule has 0 unspecified atom stereocenters. The minimum atomic E-state index is -0.0946. The summed E-state index contributed by atoms with van der Waals surface area (Å²) in [5, 5.41) is 3.00. The molecule has 0 aliphatic heterocycles. The van der Waals surface area contributed by atoms with Gasteiger partial charge in [0.2, 0.25) is 0 Å². The van der Waals surface area contributed by atoms with Gasteiger partial charge in [0.1, 0.15) is 18.1 Å². The lowest BCUT2D eigenvalue weighted by Gasteiger charge is -2.16. The van der Waals surface area contributed by atoms with Crippen molar-refractivity contribution in [3.63, 3.8) is 0 Å². The highest BCUT2D eigenvalue weighted by atomic mass is 16.5. The van der Waals surface area contributed by atoms with Gasteiger partial charge in [-0.3, -0.25) is 4.79 Å². The highest BCUT2D eigenvalue weighted by Gasteiger charge is 2.12. The molecule has 0 radical (unpaired) electrons. The fraction of sp³-hybridized carbons (Fsp3) is 0.296. The van der Waals surface area contributed by atoms with E-state index in [0.29, 0.717) is 25.3 Å². The van der Waals surface area contributed by atoms with E-state index in [1.807, 2.05) is 43.3 Å². The van der Waals surface area contributed by atoms with Crippen molar-refractivity contribution in [1.29, 1.82) is 0 Å². The Morgan fingerprint density at radius 3 is 2.42 bits per heavy atom. The van der Waals surface area contributed by atoms with Crippen molar-refractivity contribution in [2.45, 2.75) is 40.7 Å². The van der Waals surface area contributed by atoms with Crippen molar-refractivity contribution in [1.82, 2.24) is 5.32 Å². The fourth-order valence-electron chi connectivity index (χ4n) is 3.50. The van der Waals surface area contributed by atoms with E-state index >= 15 is 0 Å². The summed E-state index contributed by atoms with van der Waals surface area (Å²) in [6.45, 7) is 9.63. The largest absolute Gasteiger partial charge is 0.493 e. The van der Waals surface area contributed by atoms with Gasteiger partial charge in [0.05, 0.1) is 6.61 Å². The number of benzene rings is 3. The average molecular weight is 418 g/mol. The van der Waals surface area contributed by atoms with E-state index in [2.05, 4.69) is 44.3 Å². The molecule has 0 spiro atoms. The van der Waals surface area contributed by atoms with E-state index in [9.17, 15) is 4.79 Å². The molecule has 31 heavy (non-hydrogen) atoms. The van der Waals surface area contributed by atoms with E-state index < -0.39 is 0 Å². The van der Waals surface area contributed by atoms with Crippen LogP contribution in [0.15, 0.2) is 60.7 Å². The Morgan fingerprint density at radius 1 is 0.903 bits per heavy atom. The number of carbonyl (C=O) groups excluding carboxylic acids is 1. The maximum atomic E-state index is 12.7. The molecule has 3 rings (SSSR count). The first-order chi connectivity index (χ1) is 15.0. The highest BCUT2D eigenvalue weighted by molar-refractivity contribution is 5.94. The van der Waals surface area contributed by atoms with Gasteiger partial charge < -0.3 is 14.8 Å². The number of rotatable bonds is 9. The van der Waals surface area contributed by atoms with Crippen LogP contribution in [0.3, 0.4) is 0 Å². The zero-order valence-corrected chi connectivity index (χ0v) is 18.8. The first kappa shape index (κ1) is 22.4. The van der Waals surface area contributed by atoms with Gasteiger partial charge in [-0.15, -0.1) is 0 Å². The zero-order chi connectivity index (χ0) is 22.2. The van der Waals surface area contributed by atoms with Crippen LogP contribution < -0.4 is 14.8 Å². The van der Waals surface area contributed by atoms with Crippen LogP contribution in [0.5, 0.6) is 11.5 Å². The lowest BCUT2D eigenvalue weighted by molar-refractivity contribution is 0.0954. The normalized spacial score (nSPS) is 10.6. The third-order valence-corrected chi connectivity index (χ3v) is 5.31. The molecule has 0 aliphatic rings. The monoisotopic (exact) mass is 417 g/mol. The Morgan fingerprint density at radius 2 is 1.68 bits per heavy atom. The molecule has 0 fully saturated rings. The van der Waals surface area contributed by atoms with Gasteiger partial charge in [-0.1, -0.05) is 36.4 Å². The standard InChI is InChI=1S/C27H31NO3/c1-5-30-25-12-11-23(27(29)28-14-13-22-9-7-6-8-10-22)17-24(25)18-31-26-16-19(2)15-20(3)21(26)4/h6-12,15-17H,5,13-14,18H2,1-4H3,(H,28,29). The van der Waals surface area contributed by atoms with Gasteiger partial charge in [0.25, 0.3) is 5.91 Å². The van der Waals surface area contributed by atoms with E-state index in [1.54, 1.807) is 6.07 Å². The summed E-state index contributed by atoms with van der Waals surface area (Å²) in [6.07, 6.45) is 0.797. The van der Waals surface area contributed by atoms with Gasteiger partial charge in [-0.05, 0) is 80.6 Å². The molecule has 4 nitrogen and oxygen atoms in total. The molecule has 0 atom stereocenters. The predicted molar refractivity (Wildman–Crippen MR) is 125 cm³/mol. The number of aryl methyl sites for hydroxylation is 2. The van der Waals surface area contributed by atoms with Crippen molar-refractivity contribution in [2.24, 2.45) is 0 Å². The summed E-state index contributed by atoms with van der Waals surface area (Å²) < 4.78 is 11.9. The highest BCUT2D eigenvalue weighted by Crippen LogP contribution is 2.27. The molecule has 0 aliphatic carbocycles. The van der Waals surface area contributed by atoms with Crippen molar-refractivity contribution >= 4 is 5.91 Å². The molecular formula is C27H31NO3. The van der Waals surface area contributed by atoms with Gasteiger partial charge in [-0.25, -0.2) is 0 Å². The van der Waals surface area contributed by atoms with Gasteiger partial charge in [-0.2, -0.15) is 0 Å². The Kier molecular flexibility index (Phi) is 7.71. The number of hydrogen-bond acceptors (Lipinski definition) is 3. The van der Waals surface area contributed by atoms with E-state index in [-0.39, 0.29) is 5.91 Å². The van der Waals surface area contributed by atoms with Crippen molar-refractivity contribution in [2.75, 3.05) is 13.2 Å². The molecule has 3 aromatic carbocycles. The van der Waals surface area contributed by atoms with E-state index in [0.717, 1.165) is 34.6 Å². The average Bonchev–Trinajstić information content (AvgIpc) is 2.76. The minimum Gasteiger partial charge on any atom is -0.493 e. The van der Waals surface area contributed by atoms with Crippen molar-refractivity contribution < 1.29 is 14.3 Å². The number of nitrogens with one attached hydrogen (secondary N) is 1. The fourth-order valence-corrected chi connectivity index (χ4v) is 3.50. The topological polar surface area (TPSA) is 47.6 Å². The molecule has 4 heteroatoms. The van der Waals surface area contributed by atoms with E-state index in [4.69, 9.17) is 9.47 Å². The maximum Gasteiger partial charge on any atom is 0.251 e. The SMILES string of the molecule is CCOc1ccc(C(=O)NCCc2ccccc2)cc1COc1cc(C)cc(C)c1C. The predicted octanol–water partition coefficient (Wildman–Crippen LogP) is 5.56.